The smallest absolute Gasteiger partial charge is 0.493 e. The summed E-state index contributed by atoms with van der Waals surface area (Å²) in [7, 11) is -5.63. The predicted octanol–water partition coefficient (Wildman–Crippen LogP) is 1.85. The zero-order valence-corrected chi connectivity index (χ0v) is 9.14. The molecule has 0 aromatic heterocycles. The van der Waals surface area contributed by atoms with E-state index in [1.165, 1.54) is 12.1 Å². The average molecular weight is 268 g/mol. The zero-order chi connectivity index (χ0) is 12.7. The molecule has 0 radical (unpaired) electrons. The number of halogens is 3. The Labute approximate surface area is 95.1 Å². The Bertz CT molecular complexity index is 536. The second-order valence-electron chi connectivity index (χ2n) is 3.31. The largest absolute Gasteiger partial charge is 0.534 e. The molecule has 1 heterocycles. The molecule has 1 aliphatic rings. The highest BCUT2D eigenvalue weighted by atomic mass is 32.2. The summed E-state index contributed by atoms with van der Waals surface area (Å²) in [6, 6.07) is 4.07. The summed E-state index contributed by atoms with van der Waals surface area (Å²) in [5.74, 6) is 0.0113. The highest BCUT2D eigenvalue weighted by Gasteiger charge is 2.49. The van der Waals surface area contributed by atoms with Crippen molar-refractivity contribution in [1.29, 1.82) is 0 Å². The molecule has 0 amide bonds. The summed E-state index contributed by atoms with van der Waals surface area (Å²) in [5, 5.41) is 0. The van der Waals surface area contributed by atoms with Gasteiger partial charge in [0.25, 0.3) is 0 Å². The van der Waals surface area contributed by atoms with Gasteiger partial charge in [-0.05, 0) is 12.1 Å². The molecule has 1 aromatic rings. The van der Waals surface area contributed by atoms with Crippen molar-refractivity contribution < 1.29 is 30.5 Å². The molecule has 4 nitrogen and oxygen atoms in total. The van der Waals surface area contributed by atoms with Crippen LogP contribution in [0.4, 0.5) is 13.2 Å². The van der Waals surface area contributed by atoms with Crippen LogP contribution in [0.1, 0.15) is 5.56 Å². The first-order valence-corrected chi connectivity index (χ1v) is 5.97. The van der Waals surface area contributed by atoms with Crippen LogP contribution in [0.15, 0.2) is 18.2 Å². The van der Waals surface area contributed by atoms with E-state index in [9.17, 15) is 21.6 Å². The molecule has 0 fully saturated rings. The first-order valence-electron chi connectivity index (χ1n) is 4.57. The summed E-state index contributed by atoms with van der Waals surface area (Å²) in [6.07, 6.45) is 0.318. The van der Waals surface area contributed by atoms with Gasteiger partial charge in [-0.25, -0.2) is 0 Å². The van der Waals surface area contributed by atoms with Crippen molar-refractivity contribution in [3.05, 3.63) is 23.8 Å². The van der Waals surface area contributed by atoms with Gasteiger partial charge in [0.2, 0.25) is 0 Å². The zero-order valence-electron chi connectivity index (χ0n) is 8.32. The molecule has 0 saturated carbocycles. The molecular weight excluding hydrogens is 261 g/mol. The van der Waals surface area contributed by atoms with Crippen molar-refractivity contribution in [3.8, 4) is 11.5 Å². The van der Waals surface area contributed by atoms with E-state index < -0.39 is 15.6 Å². The van der Waals surface area contributed by atoms with E-state index in [0.29, 0.717) is 24.3 Å². The number of ether oxygens (including phenoxy) is 1. The highest BCUT2D eigenvalue weighted by molar-refractivity contribution is 7.88. The number of hydrogen-bond acceptors (Lipinski definition) is 4. The number of alkyl halides is 3. The summed E-state index contributed by atoms with van der Waals surface area (Å²) in [4.78, 5) is 0. The molecule has 0 N–H and O–H groups in total. The van der Waals surface area contributed by atoms with Crippen molar-refractivity contribution in [1.82, 2.24) is 0 Å². The fraction of sp³-hybridized carbons (Fsp3) is 0.333. The molecule has 17 heavy (non-hydrogen) atoms. The highest BCUT2D eigenvalue weighted by Crippen LogP contribution is 2.36. The topological polar surface area (TPSA) is 52.6 Å². The fourth-order valence-electron chi connectivity index (χ4n) is 1.43. The van der Waals surface area contributed by atoms with Crippen LogP contribution in [-0.4, -0.2) is 20.5 Å². The molecule has 0 unspecified atom stereocenters. The Kier molecular flexibility index (Phi) is 2.69. The number of fused-ring (bicyclic) bond motifs is 1. The summed E-state index contributed by atoms with van der Waals surface area (Å²) in [6.45, 7) is 0.293. The van der Waals surface area contributed by atoms with Crippen molar-refractivity contribution in [3.63, 3.8) is 0 Å². The van der Waals surface area contributed by atoms with Gasteiger partial charge in [0.05, 0.1) is 6.61 Å². The maximum Gasteiger partial charge on any atom is 0.534 e. The van der Waals surface area contributed by atoms with Gasteiger partial charge in [-0.1, -0.05) is 6.07 Å². The minimum Gasteiger partial charge on any atom is -0.493 e. The molecule has 0 atom stereocenters. The first-order chi connectivity index (χ1) is 7.81. The molecule has 0 bridgehead atoms. The van der Waals surface area contributed by atoms with Crippen LogP contribution in [0.5, 0.6) is 11.5 Å². The Morgan fingerprint density at radius 1 is 1.29 bits per heavy atom. The Morgan fingerprint density at radius 3 is 2.65 bits per heavy atom. The lowest BCUT2D eigenvalue weighted by molar-refractivity contribution is -0.0500. The van der Waals surface area contributed by atoms with Gasteiger partial charge < -0.3 is 8.92 Å². The van der Waals surface area contributed by atoms with Gasteiger partial charge >= 0.3 is 15.6 Å². The van der Waals surface area contributed by atoms with Gasteiger partial charge in [-0.2, -0.15) is 21.6 Å². The molecular formula is C9H7F3O4S. The van der Waals surface area contributed by atoms with E-state index in [-0.39, 0.29) is 5.75 Å². The SMILES string of the molecule is O=S(=O)(Oc1cccc2c1CCO2)C(F)(F)F. The third-order valence-electron chi connectivity index (χ3n) is 2.18. The molecule has 0 saturated heterocycles. The monoisotopic (exact) mass is 268 g/mol. The third kappa shape index (κ3) is 2.17. The van der Waals surface area contributed by atoms with Crippen molar-refractivity contribution >= 4 is 10.1 Å². The molecule has 94 valence electrons. The standard InChI is InChI=1S/C9H7F3O4S/c10-9(11,12)17(13,14)16-8-3-1-2-7-6(8)4-5-15-7/h1-3H,4-5H2. The Morgan fingerprint density at radius 2 is 2.00 bits per heavy atom. The number of benzene rings is 1. The second kappa shape index (κ2) is 3.80. The molecule has 2 rings (SSSR count). The van der Waals surface area contributed by atoms with E-state index >= 15 is 0 Å². The number of rotatable bonds is 2. The minimum absolute atomic E-state index is 0.293. The van der Waals surface area contributed by atoms with Crippen molar-refractivity contribution in [2.75, 3.05) is 6.61 Å². The Balaban J connectivity index is 2.36. The third-order valence-corrected chi connectivity index (χ3v) is 3.15. The van der Waals surface area contributed by atoms with E-state index in [4.69, 9.17) is 4.74 Å². The number of hydrogen-bond donors (Lipinski definition) is 0. The minimum atomic E-state index is -5.63. The normalized spacial score (nSPS) is 15.2. The van der Waals surface area contributed by atoms with Crippen LogP contribution in [0.2, 0.25) is 0 Å². The summed E-state index contributed by atoms with van der Waals surface area (Å²) in [5.41, 5.74) is -5.10. The van der Waals surface area contributed by atoms with Gasteiger partial charge in [0.15, 0.2) is 0 Å². The van der Waals surface area contributed by atoms with Gasteiger partial charge in [-0.15, -0.1) is 0 Å². The van der Waals surface area contributed by atoms with Crippen molar-refractivity contribution in [2.24, 2.45) is 0 Å². The van der Waals surface area contributed by atoms with Gasteiger partial charge in [0.1, 0.15) is 11.5 Å². The molecule has 0 aliphatic carbocycles. The van der Waals surface area contributed by atoms with Crippen LogP contribution in [0, 0.1) is 0 Å². The molecule has 8 heteroatoms. The van der Waals surface area contributed by atoms with Crippen molar-refractivity contribution in [2.45, 2.75) is 11.9 Å². The van der Waals surface area contributed by atoms with E-state index in [2.05, 4.69) is 4.18 Å². The lowest BCUT2D eigenvalue weighted by Crippen LogP contribution is -2.28. The van der Waals surface area contributed by atoms with Gasteiger partial charge in [-0.3, -0.25) is 0 Å². The summed E-state index contributed by atoms with van der Waals surface area (Å²) >= 11 is 0. The lowest BCUT2D eigenvalue weighted by atomic mass is 10.1. The first kappa shape index (κ1) is 12.0. The fourth-order valence-corrected chi connectivity index (χ4v) is 1.92. The maximum atomic E-state index is 12.1. The molecule has 1 aromatic carbocycles. The van der Waals surface area contributed by atoms with Crippen LogP contribution in [0.3, 0.4) is 0 Å². The van der Waals surface area contributed by atoms with Crippen LogP contribution >= 0.6 is 0 Å². The van der Waals surface area contributed by atoms with Gasteiger partial charge in [0, 0.05) is 12.0 Å². The maximum absolute atomic E-state index is 12.1. The molecule has 0 spiro atoms. The average Bonchev–Trinajstić information content (AvgIpc) is 2.64. The van der Waals surface area contributed by atoms with Crippen LogP contribution in [0.25, 0.3) is 0 Å². The predicted molar refractivity (Wildman–Crippen MR) is 51.2 cm³/mol. The Hall–Kier alpha value is -1.44. The van der Waals surface area contributed by atoms with E-state index in [0.717, 1.165) is 6.07 Å². The lowest BCUT2D eigenvalue weighted by Gasteiger charge is -2.11. The van der Waals surface area contributed by atoms with Crippen LogP contribution < -0.4 is 8.92 Å². The second-order valence-corrected chi connectivity index (χ2v) is 4.85. The van der Waals surface area contributed by atoms with Crippen LogP contribution in [-0.2, 0) is 16.5 Å². The summed E-state index contributed by atoms with van der Waals surface area (Å²) < 4.78 is 67.2. The molecule has 1 aliphatic heterocycles. The van der Waals surface area contributed by atoms with E-state index in [1.807, 2.05) is 0 Å². The quantitative estimate of drug-likeness (QED) is 0.606. The van der Waals surface area contributed by atoms with E-state index in [1.54, 1.807) is 0 Å².